The fourth-order valence-electron chi connectivity index (χ4n) is 10.5. The van der Waals surface area contributed by atoms with Gasteiger partial charge >= 0.3 is 11.9 Å². The number of nitriles is 1. The number of benzene rings is 3. The highest BCUT2D eigenvalue weighted by Crippen LogP contribution is 2.64. The third-order valence-electron chi connectivity index (χ3n) is 12.8. The van der Waals surface area contributed by atoms with Crippen molar-refractivity contribution in [1.29, 1.82) is 5.26 Å². The summed E-state index contributed by atoms with van der Waals surface area (Å²) in [5.74, 6) is 3.03. The number of hydrogen-bond acceptors (Lipinski definition) is 15. The van der Waals surface area contributed by atoms with Crippen molar-refractivity contribution in [3.05, 3.63) is 62.7 Å². The first kappa shape index (κ1) is 37.7. The van der Waals surface area contributed by atoms with Gasteiger partial charge in [0.1, 0.15) is 18.4 Å². The van der Waals surface area contributed by atoms with Gasteiger partial charge in [0.15, 0.2) is 40.0 Å². The van der Waals surface area contributed by atoms with Crippen molar-refractivity contribution in [2.75, 3.05) is 61.2 Å². The van der Waals surface area contributed by atoms with Gasteiger partial charge in [-0.05, 0) is 68.1 Å². The maximum Gasteiger partial charge on any atom is 0.331 e. The monoisotopic (exact) mass is 798 g/mol. The maximum atomic E-state index is 14.9. The number of rotatable bonds is 5. The number of esters is 2. The summed E-state index contributed by atoms with van der Waals surface area (Å²) in [4.78, 5) is 32.5. The number of fused-ring (bicyclic) bond motifs is 9. The Bertz CT molecular complexity index is 2260. The minimum Gasteiger partial charge on any atom is -0.493 e. The number of piperazine rings is 1. The number of methoxy groups -OCH3 is 4. The summed E-state index contributed by atoms with van der Waals surface area (Å²) in [6.07, 6.45) is 1.25. The van der Waals surface area contributed by atoms with E-state index in [0.29, 0.717) is 70.8 Å². The van der Waals surface area contributed by atoms with Crippen LogP contribution in [0.2, 0.25) is 0 Å². The molecule has 7 aliphatic rings. The van der Waals surface area contributed by atoms with Gasteiger partial charge in [0.25, 0.3) is 0 Å². The van der Waals surface area contributed by atoms with Gasteiger partial charge < -0.3 is 37.9 Å². The molecular weight excluding hydrogens is 753 g/mol. The van der Waals surface area contributed by atoms with Crippen LogP contribution in [0.3, 0.4) is 0 Å². The second kappa shape index (κ2) is 13.9. The van der Waals surface area contributed by atoms with Gasteiger partial charge in [-0.3, -0.25) is 19.9 Å². The molecule has 4 bridgehead atoms. The van der Waals surface area contributed by atoms with E-state index in [1.807, 2.05) is 26.0 Å². The van der Waals surface area contributed by atoms with Gasteiger partial charge in [-0.25, -0.2) is 4.79 Å². The minimum absolute atomic E-state index is 0.0334. The molecule has 0 aliphatic carbocycles. The maximum absolute atomic E-state index is 14.9. The number of hydrogen-bond donors (Lipinski definition) is 1. The number of nitrogens with zero attached hydrogens (tertiary/aromatic N) is 3. The Morgan fingerprint density at radius 1 is 0.947 bits per heavy atom. The Kier molecular flexibility index (Phi) is 9.19. The molecule has 3 aromatic carbocycles. The third kappa shape index (κ3) is 5.26. The Balaban J connectivity index is 1.33. The fourth-order valence-corrected chi connectivity index (χ4v) is 12.2. The van der Waals surface area contributed by atoms with Gasteiger partial charge in [0.2, 0.25) is 6.79 Å². The molecule has 10 rings (SSSR count). The Labute approximate surface area is 335 Å². The lowest BCUT2D eigenvalue weighted by molar-refractivity contribution is -0.157. The smallest absolute Gasteiger partial charge is 0.331 e. The van der Waals surface area contributed by atoms with Crippen molar-refractivity contribution in [2.45, 2.75) is 74.6 Å². The molecule has 0 radical (unpaired) electrons. The van der Waals surface area contributed by atoms with Gasteiger partial charge in [0.05, 0.1) is 51.8 Å². The summed E-state index contributed by atoms with van der Waals surface area (Å²) in [5.41, 5.74) is 5.51. The predicted octanol–water partition coefficient (Wildman–Crippen LogP) is 4.59. The lowest BCUT2D eigenvalue weighted by Crippen LogP contribution is -2.69. The largest absolute Gasteiger partial charge is 0.493 e. The van der Waals surface area contributed by atoms with Gasteiger partial charge in [-0.15, -0.1) is 11.8 Å². The summed E-state index contributed by atoms with van der Waals surface area (Å²) in [5, 5.41) is 14.3. The lowest BCUT2D eigenvalue weighted by atomic mass is 9.71. The van der Waals surface area contributed by atoms with E-state index in [4.69, 9.17) is 37.9 Å². The van der Waals surface area contributed by atoms with Crippen LogP contribution in [0.15, 0.2) is 18.2 Å². The van der Waals surface area contributed by atoms with E-state index >= 15 is 0 Å². The van der Waals surface area contributed by atoms with Gasteiger partial charge in [0, 0.05) is 53.6 Å². The topological polar surface area (TPSA) is 150 Å². The van der Waals surface area contributed by atoms with Crippen molar-refractivity contribution < 1.29 is 47.5 Å². The van der Waals surface area contributed by atoms with E-state index in [9.17, 15) is 14.9 Å². The molecule has 2 saturated heterocycles. The number of aryl methyl sites for hydroxylation is 1. The molecular formula is C42H46N4O10S. The molecule has 7 atom stereocenters. The van der Waals surface area contributed by atoms with E-state index in [1.54, 1.807) is 40.2 Å². The Hall–Kier alpha value is -4.88. The molecule has 57 heavy (non-hydrogen) atoms. The molecule has 2 fully saturated rings. The highest BCUT2D eigenvalue weighted by molar-refractivity contribution is 7.99. The van der Waals surface area contributed by atoms with E-state index in [0.717, 1.165) is 33.4 Å². The Morgan fingerprint density at radius 2 is 1.68 bits per heavy atom. The van der Waals surface area contributed by atoms with E-state index < -0.39 is 40.9 Å². The molecule has 3 aromatic rings. The zero-order chi connectivity index (χ0) is 40.1. The van der Waals surface area contributed by atoms with Crippen LogP contribution in [-0.2, 0) is 32.7 Å². The molecule has 1 spiro atoms. The number of thioether (sulfide) groups is 1. The van der Waals surface area contributed by atoms with Crippen LogP contribution in [0.1, 0.15) is 68.8 Å². The standard InChI is InChI=1S/C42H46N4O10S/c1-19-11-23-12-25-26(15-43)46-27-16-53-41(48)42(24-14-29(50-6)28(49-5)13-22(24)9-10-44-42)17-57-40(34(46)33(45(25)4)30(23)38(52-8)35(19)51-7)32-31(27)39-37(54-18-55-39)20(2)36(32)56-21(3)47/h11,13-14,25-27,33-34,40,44H,9-10,12,16-18H2,1-8H3/t25-,26-,27-,33+,34?,40+,42+/m0/s1. The van der Waals surface area contributed by atoms with Crippen LogP contribution in [0, 0.1) is 25.2 Å². The minimum atomic E-state index is -1.28. The quantitative estimate of drug-likeness (QED) is 0.283. The highest BCUT2D eigenvalue weighted by Gasteiger charge is 2.62. The van der Waals surface area contributed by atoms with Crippen LogP contribution in [-0.4, -0.2) is 101 Å². The molecule has 15 heteroatoms. The summed E-state index contributed by atoms with van der Waals surface area (Å²) < 4.78 is 48.7. The number of ether oxygens (including phenoxy) is 8. The molecule has 0 amide bonds. The zero-order valence-corrected chi connectivity index (χ0v) is 34.1. The summed E-state index contributed by atoms with van der Waals surface area (Å²) in [6, 6.07) is 6.35. The molecule has 14 nitrogen and oxygen atoms in total. The zero-order valence-electron chi connectivity index (χ0n) is 33.3. The van der Waals surface area contributed by atoms with Gasteiger partial charge in [-0.1, -0.05) is 6.07 Å². The number of likely N-dealkylation sites (N-methyl/N-ethyl adjacent to an activating group) is 1. The second-order valence-electron chi connectivity index (χ2n) is 15.5. The van der Waals surface area contributed by atoms with E-state index in [2.05, 4.69) is 34.3 Å². The van der Waals surface area contributed by atoms with Crippen molar-refractivity contribution in [1.82, 2.24) is 15.1 Å². The highest BCUT2D eigenvalue weighted by atomic mass is 32.2. The van der Waals surface area contributed by atoms with E-state index in [1.165, 1.54) is 6.92 Å². The SMILES string of the molecule is COc1cc2c(cc1OC)[C@@]1(CS[C@@H]3c4c(OC(C)=O)c(C)c5c(c4[C@H](COC1=O)N1C3[C@H]3c4c(cc(C)c(OC)c4OC)C[C@@H]([C@@H]1C#N)N3C)OCO5)NCC2. The molecule has 1 unspecified atom stereocenters. The summed E-state index contributed by atoms with van der Waals surface area (Å²) >= 11 is 1.57. The van der Waals surface area contributed by atoms with Gasteiger partial charge in [-0.2, -0.15) is 5.26 Å². The number of nitrogens with one attached hydrogen (secondary N) is 1. The number of carbonyl (C=O) groups is 2. The Morgan fingerprint density at radius 3 is 2.39 bits per heavy atom. The predicted molar refractivity (Wildman–Crippen MR) is 208 cm³/mol. The first-order valence-electron chi connectivity index (χ1n) is 19.1. The number of carbonyl (C=O) groups excluding carboxylic acids is 2. The van der Waals surface area contributed by atoms with E-state index in [-0.39, 0.29) is 31.2 Å². The molecule has 7 aliphatic heterocycles. The molecule has 7 heterocycles. The third-order valence-corrected chi connectivity index (χ3v) is 14.3. The normalized spacial score (nSPS) is 28.2. The molecule has 0 aromatic heterocycles. The van der Waals surface area contributed by atoms with Crippen molar-refractivity contribution in [3.8, 4) is 46.3 Å². The van der Waals surface area contributed by atoms with Crippen LogP contribution >= 0.6 is 11.8 Å². The lowest BCUT2D eigenvalue weighted by Gasteiger charge is -2.62. The van der Waals surface area contributed by atoms with Crippen LogP contribution in [0.5, 0.6) is 40.2 Å². The van der Waals surface area contributed by atoms with Crippen molar-refractivity contribution in [3.63, 3.8) is 0 Å². The van der Waals surface area contributed by atoms with Crippen molar-refractivity contribution in [2.24, 2.45) is 0 Å². The molecule has 1 N–H and O–H groups in total. The van der Waals surface area contributed by atoms with Crippen molar-refractivity contribution >= 4 is 23.7 Å². The second-order valence-corrected chi connectivity index (χ2v) is 16.6. The summed E-state index contributed by atoms with van der Waals surface area (Å²) in [7, 11) is 8.55. The summed E-state index contributed by atoms with van der Waals surface area (Å²) in [6.45, 7) is 5.63. The average Bonchev–Trinajstić information content (AvgIpc) is 3.70. The van der Waals surface area contributed by atoms with Crippen LogP contribution < -0.4 is 38.5 Å². The first-order chi connectivity index (χ1) is 27.5. The fraction of sp³-hybridized carbons (Fsp3) is 0.500. The first-order valence-corrected chi connectivity index (χ1v) is 20.1. The molecule has 300 valence electrons. The van der Waals surface area contributed by atoms with Crippen LogP contribution in [0.25, 0.3) is 0 Å². The van der Waals surface area contributed by atoms with Crippen LogP contribution in [0.4, 0.5) is 0 Å². The molecule has 0 saturated carbocycles. The average molecular weight is 799 g/mol.